The zero-order valence-corrected chi connectivity index (χ0v) is 13.6. The summed E-state index contributed by atoms with van der Waals surface area (Å²) in [4.78, 5) is 23.3. The molecule has 0 saturated carbocycles. The first-order valence-electron chi connectivity index (χ1n) is 8.03. The minimum absolute atomic E-state index is 0.0340. The molecule has 1 aromatic carbocycles. The predicted molar refractivity (Wildman–Crippen MR) is 91.5 cm³/mol. The Balaban J connectivity index is 1.67. The maximum absolute atomic E-state index is 12.6. The molecule has 1 amide bonds. The number of hydrogen-bond donors (Lipinski definition) is 1. The molecule has 1 fully saturated rings. The first-order valence-corrected chi connectivity index (χ1v) is 8.03. The van der Waals surface area contributed by atoms with Crippen molar-refractivity contribution in [3.8, 4) is 0 Å². The molecule has 120 valence electrons. The van der Waals surface area contributed by atoms with Crippen LogP contribution in [0.25, 0.3) is 0 Å². The van der Waals surface area contributed by atoms with E-state index in [9.17, 15) is 4.79 Å². The van der Waals surface area contributed by atoms with Gasteiger partial charge in [-0.2, -0.15) is 0 Å². The lowest BCUT2D eigenvalue weighted by atomic mass is 9.97. The number of hydrogen-bond acceptors (Lipinski definition) is 4. The van der Waals surface area contributed by atoms with Crippen molar-refractivity contribution in [2.45, 2.75) is 26.7 Å². The lowest BCUT2D eigenvalue weighted by molar-refractivity contribution is -0.120. The quantitative estimate of drug-likeness (QED) is 0.947. The zero-order chi connectivity index (χ0) is 16.2. The van der Waals surface area contributed by atoms with E-state index in [1.807, 2.05) is 19.1 Å². The summed E-state index contributed by atoms with van der Waals surface area (Å²) in [7, 11) is 0. The molecule has 0 spiro atoms. The number of amides is 1. The maximum atomic E-state index is 12.6. The van der Waals surface area contributed by atoms with E-state index < -0.39 is 0 Å². The molecule has 1 atom stereocenters. The molecule has 1 aromatic heterocycles. The van der Waals surface area contributed by atoms with Crippen LogP contribution in [-0.2, 0) is 4.79 Å². The summed E-state index contributed by atoms with van der Waals surface area (Å²) in [5.41, 5.74) is 3.19. The van der Waals surface area contributed by atoms with Gasteiger partial charge in [0.2, 0.25) is 11.9 Å². The van der Waals surface area contributed by atoms with E-state index in [-0.39, 0.29) is 11.8 Å². The van der Waals surface area contributed by atoms with Gasteiger partial charge in [-0.1, -0.05) is 17.7 Å². The van der Waals surface area contributed by atoms with Gasteiger partial charge in [-0.05, 0) is 44.4 Å². The first kappa shape index (κ1) is 15.5. The number of nitrogens with zero attached hydrogens (tertiary/aromatic N) is 3. The van der Waals surface area contributed by atoms with Gasteiger partial charge in [0.15, 0.2) is 0 Å². The summed E-state index contributed by atoms with van der Waals surface area (Å²) in [6.45, 7) is 5.64. The lowest BCUT2D eigenvalue weighted by Gasteiger charge is -2.32. The molecule has 1 aliphatic rings. The van der Waals surface area contributed by atoms with Crippen LogP contribution in [0.15, 0.2) is 36.7 Å². The Kier molecular flexibility index (Phi) is 4.55. The minimum atomic E-state index is -0.0340. The smallest absolute Gasteiger partial charge is 0.229 e. The normalized spacial score (nSPS) is 17.8. The number of carbonyl (C=O) groups excluding carboxylic acids is 1. The van der Waals surface area contributed by atoms with E-state index in [1.165, 1.54) is 5.56 Å². The highest BCUT2D eigenvalue weighted by Gasteiger charge is 2.27. The van der Waals surface area contributed by atoms with Gasteiger partial charge in [0, 0.05) is 31.2 Å². The molecule has 5 heteroatoms. The Hall–Kier alpha value is -2.43. The molecule has 5 nitrogen and oxygen atoms in total. The number of carbonyl (C=O) groups is 1. The Morgan fingerprint density at radius 2 is 2.04 bits per heavy atom. The van der Waals surface area contributed by atoms with Crippen molar-refractivity contribution >= 4 is 17.5 Å². The highest BCUT2D eigenvalue weighted by Crippen LogP contribution is 2.23. The zero-order valence-electron chi connectivity index (χ0n) is 13.6. The molecule has 1 aliphatic heterocycles. The number of aryl methyl sites for hydroxylation is 2. The second-order valence-corrected chi connectivity index (χ2v) is 6.14. The van der Waals surface area contributed by atoms with Crippen LogP contribution >= 0.6 is 0 Å². The van der Waals surface area contributed by atoms with Crippen LogP contribution in [0.3, 0.4) is 0 Å². The summed E-state index contributed by atoms with van der Waals surface area (Å²) in [5, 5.41) is 3.07. The largest absolute Gasteiger partial charge is 0.340 e. The number of aromatic nitrogens is 2. The topological polar surface area (TPSA) is 58.1 Å². The van der Waals surface area contributed by atoms with Gasteiger partial charge in [-0.3, -0.25) is 4.79 Å². The molecular weight excluding hydrogens is 288 g/mol. The van der Waals surface area contributed by atoms with Gasteiger partial charge in [0.1, 0.15) is 0 Å². The molecule has 2 aromatic rings. The van der Waals surface area contributed by atoms with Crippen LogP contribution in [0.4, 0.5) is 11.6 Å². The van der Waals surface area contributed by atoms with Crippen molar-refractivity contribution < 1.29 is 4.79 Å². The Morgan fingerprint density at radius 3 is 2.78 bits per heavy atom. The van der Waals surface area contributed by atoms with E-state index in [4.69, 9.17) is 0 Å². The van der Waals surface area contributed by atoms with Crippen molar-refractivity contribution in [2.24, 2.45) is 5.92 Å². The Morgan fingerprint density at radius 1 is 1.26 bits per heavy atom. The van der Waals surface area contributed by atoms with Crippen LogP contribution in [0.1, 0.15) is 24.0 Å². The van der Waals surface area contributed by atoms with Crippen LogP contribution in [0.5, 0.6) is 0 Å². The number of nitrogens with one attached hydrogen (secondary N) is 1. The monoisotopic (exact) mass is 310 g/mol. The summed E-state index contributed by atoms with van der Waals surface area (Å²) in [5.74, 6) is 0.752. The van der Waals surface area contributed by atoms with Gasteiger partial charge in [0.05, 0.1) is 5.92 Å². The fraction of sp³-hybridized carbons (Fsp3) is 0.389. The molecule has 0 aliphatic carbocycles. The fourth-order valence-electron chi connectivity index (χ4n) is 3.02. The number of anilines is 2. The van der Waals surface area contributed by atoms with Crippen molar-refractivity contribution in [2.75, 3.05) is 23.3 Å². The molecule has 3 rings (SSSR count). The van der Waals surface area contributed by atoms with E-state index in [0.717, 1.165) is 30.6 Å². The van der Waals surface area contributed by atoms with Gasteiger partial charge in [-0.25, -0.2) is 9.97 Å². The predicted octanol–water partition coefficient (Wildman–Crippen LogP) is 2.95. The van der Waals surface area contributed by atoms with Crippen molar-refractivity contribution in [3.05, 3.63) is 47.8 Å². The SMILES string of the molecule is Cc1ccc(NC(=O)[C@@H]2CCCN(c3ncccn3)C2)c(C)c1. The highest BCUT2D eigenvalue weighted by molar-refractivity contribution is 5.93. The molecule has 0 unspecified atom stereocenters. The number of benzene rings is 1. The van der Waals surface area contributed by atoms with Crippen molar-refractivity contribution in [1.82, 2.24) is 9.97 Å². The molecular formula is C18H22N4O. The van der Waals surface area contributed by atoms with Crippen LogP contribution < -0.4 is 10.2 Å². The molecule has 0 bridgehead atoms. The Bertz CT molecular complexity index is 687. The highest BCUT2D eigenvalue weighted by atomic mass is 16.1. The standard InChI is InChI=1S/C18H22N4O/c1-13-6-7-16(14(2)11-13)21-17(23)15-5-3-10-22(12-15)18-19-8-4-9-20-18/h4,6-9,11,15H,3,5,10,12H2,1-2H3,(H,21,23)/t15-/m1/s1. The van der Waals surface area contributed by atoms with Crippen LogP contribution in [0, 0.1) is 19.8 Å². The minimum Gasteiger partial charge on any atom is -0.340 e. The second kappa shape index (κ2) is 6.77. The average Bonchev–Trinajstić information content (AvgIpc) is 2.58. The third-order valence-electron chi connectivity index (χ3n) is 4.27. The summed E-state index contributed by atoms with van der Waals surface area (Å²) in [6.07, 6.45) is 5.35. The van der Waals surface area contributed by atoms with Gasteiger partial charge in [-0.15, -0.1) is 0 Å². The third kappa shape index (κ3) is 3.67. The van der Waals surface area contributed by atoms with Gasteiger partial charge in [0.25, 0.3) is 0 Å². The molecule has 2 heterocycles. The average molecular weight is 310 g/mol. The fourth-order valence-corrected chi connectivity index (χ4v) is 3.02. The van der Waals surface area contributed by atoms with Gasteiger partial charge < -0.3 is 10.2 Å². The van der Waals surface area contributed by atoms with E-state index in [0.29, 0.717) is 12.5 Å². The lowest BCUT2D eigenvalue weighted by Crippen LogP contribution is -2.41. The molecule has 1 saturated heterocycles. The van der Waals surface area contributed by atoms with Crippen LogP contribution in [0.2, 0.25) is 0 Å². The third-order valence-corrected chi connectivity index (χ3v) is 4.27. The van der Waals surface area contributed by atoms with Crippen LogP contribution in [-0.4, -0.2) is 29.0 Å². The Labute approximate surface area is 136 Å². The summed E-state index contributed by atoms with van der Waals surface area (Å²) in [6, 6.07) is 7.88. The van der Waals surface area contributed by atoms with Crippen molar-refractivity contribution in [3.63, 3.8) is 0 Å². The second-order valence-electron chi connectivity index (χ2n) is 6.14. The van der Waals surface area contributed by atoms with Gasteiger partial charge >= 0.3 is 0 Å². The molecule has 23 heavy (non-hydrogen) atoms. The molecule has 0 radical (unpaired) electrons. The van der Waals surface area contributed by atoms with E-state index in [2.05, 4.69) is 33.2 Å². The maximum Gasteiger partial charge on any atom is 0.229 e. The summed E-state index contributed by atoms with van der Waals surface area (Å²) >= 11 is 0. The van der Waals surface area contributed by atoms with E-state index >= 15 is 0 Å². The number of piperidine rings is 1. The number of rotatable bonds is 3. The van der Waals surface area contributed by atoms with E-state index in [1.54, 1.807) is 18.5 Å². The summed E-state index contributed by atoms with van der Waals surface area (Å²) < 4.78 is 0. The first-order chi connectivity index (χ1) is 11.1. The van der Waals surface area contributed by atoms with Crippen molar-refractivity contribution in [1.29, 1.82) is 0 Å². The molecule has 1 N–H and O–H groups in total.